The van der Waals surface area contributed by atoms with Gasteiger partial charge < -0.3 is 15.8 Å². The first kappa shape index (κ1) is 22.3. The molecule has 0 bridgehead atoms. The molecule has 0 saturated heterocycles. The third-order valence-electron chi connectivity index (χ3n) is 4.64. The lowest BCUT2D eigenvalue weighted by atomic mass is 10.1. The van der Waals surface area contributed by atoms with Crippen molar-refractivity contribution in [1.29, 1.82) is 0 Å². The van der Waals surface area contributed by atoms with Crippen molar-refractivity contribution in [3.8, 4) is 5.75 Å². The Morgan fingerprint density at radius 2 is 1.97 bits per heavy atom. The molecule has 1 aromatic carbocycles. The number of fused-ring (bicyclic) bond motifs is 1. The number of aryl methyl sites for hydroxylation is 2. The Bertz CT molecular complexity index is 1120. The first-order valence-electron chi connectivity index (χ1n) is 9.57. The number of nitrogens with one attached hydrogen (secondary N) is 1. The van der Waals surface area contributed by atoms with E-state index in [1.54, 1.807) is 27.7 Å². The molecular formula is C20H23F3N6O2. The number of carbonyl (C=O) groups excluding carboxylic acids is 1. The lowest BCUT2D eigenvalue weighted by Crippen LogP contribution is -2.27. The molecule has 0 spiro atoms. The SMILES string of the molecule is Cc1nc2nc(N)nn2c(C)c1CC(=O)NCc1ccc(OC(C)C)cc1C(F)(F)F. The van der Waals surface area contributed by atoms with Gasteiger partial charge in [0.15, 0.2) is 0 Å². The van der Waals surface area contributed by atoms with E-state index in [9.17, 15) is 18.0 Å². The van der Waals surface area contributed by atoms with Crippen LogP contribution in [0.3, 0.4) is 0 Å². The second kappa shape index (κ2) is 8.40. The number of benzene rings is 1. The predicted octanol–water partition coefficient (Wildman–Crippen LogP) is 2.99. The average molecular weight is 436 g/mol. The van der Waals surface area contributed by atoms with Crippen molar-refractivity contribution in [3.05, 3.63) is 46.3 Å². The summed E-state index contributed by atoms with van der Waals surface area (Å²) < 4.78 is 47.3. The molecule has 3 N–H and O–H groups in total. The topological polar surface area (TPSA) is 107 Å². The van der Waals surface area contributed by atoms with Gasteiger partial charge in [-0.1, -0.05) is 6.07 Å². The van der Waals surface area contributed by atoms with Crippen LogP contribution in [-0.2, 0) is 23.9 Å². The molecule has 0 aliphatic heterocycles. The van der Waals surface area contributed by atoms with Gasteiger partial charge in [0.2, 0.25) is 11.9 Å². The van der Waals surface area contributed by atoms with Crippen LogP contribution in [0, 0.1) is 13.8 Å². The van der Waals surface area contributed by atoms with Crippen LogP contribution in [0.1, 0.15) is 41.9 Å². The van der Waals surface area contributed by atoms with E-state index < -0.39 is 17.6 Å². The minimum absolute atomic E-state index is 0.0528. The summed E-state index contributed by atoms with van der Waals surface area (Å²) in [6.45, 7) is 6.64. The molecule has 0 aliphatic rings. The highest BCUT2D eigenvalue weighted by molar-refractivity contribution is 5.79. The maximum Gasteiger partial charge on any atom is 0.416 e. The summed E-state index contributed by atoms with van der Waals surface area (Å²) in [5.74, 6) is 0.0440. The van der Waals surface area contributed by atoms with Crippen molar-refractivity contribution in [2.24, 2.45) is 0 Å². The number of nitrogens with zero attached hydrogens (tertiary/aromatic N) is 4. The molecule has 0 unspecified atom stereocenters. The Kier molecular flexibility index (Phi) is 6.05. The molecule has 0 aliphatic carbocycles. The number of hydrogen-bond acceptors (Lipinski definition) is 6. The van der Waals surface area contributed by atoms with Crippen molar-refractivity contribution in [2.45, 2.75) is 52.9 Å². The molecule has 3 rings (SSSR count). The van der Waals surface area contributed by atoms with E-state index in [-0.39, 0.29) is 36.3 Å². The van der Waals surface area contributed by atoms with Gasteiger partial charge in [-0.15, -0.1) is 5.10 Å². The summed E-state index contributed by atoms with van der Waals surface area (Å²) in [5, 5.41) is 6.59. The monoisotopic (exact) mass is 436 g/mol. The summed E-state index contributed by atoms with van der Waals surface area (Å²) in [7, 11) is 0. The number of alkyl halides is 3. The van der Waals surface area contributed by atoms with Gasteiger partial charge in [0.05, 0.1) is 18.1 Å². The van der Waals surface area contributed by atoms with E-state index in [0.29, 0.717) is 22.7 Å². The van der Waals surface area contributed by atoms with Gasteiger partial charge in [-0.25, -0.2) is 4.98 Å². The van der Waals surface area contributed by atoms with Crippen LogP contribution in [0.4, 0.5) is 19.1 Å². The average Bonchev–Trinajstić information content (AvgIpc) is 3.03. The van der Waals surface area contributed by atoms with E-state index in [4.69, 9.17) is 10.5 Å². The van der Waals surface area contributed by atoms with Crippen molar-refractivity contribution >= 4 is 17.6 Å². The fraction of sp³-hybridized carbons (Fsp3) is 0.400. The quantitative estimate of drug-likeness (QED) is 0.615. The number of hydrogen-bond donors (Lipinski definition) is 2. The molecule has 3 aromatic rings. The number of amides is 1. The van der Waals surface area contributed by atoms with E-state index in [1.165, 1.54) is 16.6 Å². The first-order valence-corrected chi connectivity index (χ1v) is 9.57. The number of anilines is 1. The normalized spacial score (nSPS) is 11.9. The van der Waals surface area contributed by atoms with Crippen molar-refractivity contribution < 1.29 is 22.7 Å². The molecule has 2 aromatic heterocycles. The zero-order valence-electron chi connectivity index (χ0n) is 17.5. The maximum absolute atomic E-state index is 13.5. The highest BCUT2D eigenvalue weighted by atomic mass is 19.4. The van der Waals surface area contributed by atoms with Crippen molar-refractivity contribution in [3.63, 3.8) is 0 Å². The first-order chi connectivity index (χ1) is 14.5. The molecule has 0 saturated carbocycles. The Labute approximate surface area is 176 Å². The van der Waals surface area contributed by atoms with Gasteiger partial charge in [0, 0.05) is 23.5 Å². The van der Waals surface area contributed by atoms with Gasteiger partial charge >= 0.3 is 6.18 Å². The van der Waals surface area contributed by atoms with Crippen molar-refractivity contribution in [1.82, 2.24) is 24.9 Å². The Balaban J connectivity index is 1.77. The number of nitrogen functional groups attached to an aromatic ring is 1. The lowest BCUT2D eigenvalue weighted by Gasteiger charge is -2.17. The number of carbonyl (C=O) groups is 1. The predicted molar refractivity (Wildman–Crippen MR) is 107 cm³/mol. The van der Waals surface area contributed by atoms with Crippen LogP contribution < -0.4 is 15.8 Å². The second-order valence-corrected chi connectivity index (χ2v) is 7.38. The minimum Gasteiger partial charge on any atom is -0.491 e. The fourth-order valence-electron chi connectivity index (χ4n) is 3.22. The molecule has 166 valence electrons. The molecule has 31 heavy (non-hydrogen) atoms. The fourth-order valence-corrected chi connectivity index (χ4v) is 3.22. The number of rotatable bonds is 6. The molecule has 0 radical (unpaired) electrons. The molecule has 2 heterocycles. The van der Waals surface area contributed by atoms with Crippen LogP contribution in [0.15, 0.2) is 18.2 Å². The standard InChI is InChI=1S/C20H23F3N6O2/c1-10(2)31-14-6-5-13(16(7-14)20(21,22)23)9-25-17(30)8-15-11(3)26-19-27-18(24)28-29(19)12(15)4/h5-7,10H,8-9H2,1-4H3,(H2,24,28)(H,25,30). The number of aromatic nitrogens is 4. The third-order valence-corrected chi connectivity index (χ3v) is 4.64. The zero-order valence-corrected chi connectivity index (χ0v) is 17.5. The van der Waals surface area contributed by atoms with Crippen molar-refractivity contribution in [2.75, 3.05) is 5.73 Å². The van der Waals surface area contributed by atoms with Crippen LogP contribution in [-0.4, -0.2) is 31.6 Å². The third kappa shape index (κ3) is 5.04. The van der Waals surface area contributed by atoms with Crippen LogP contribution in [0.25, 0.3) is 5.78 Å². The second-order valence-electron chi connectivity index (χ2n) is 7.38. The van der Waals surface area contributed by atoms with Crippen LogP contribution in [0.2, 0.25) is 0 Å². The molecule has 11 heteroatoms. The largest absolute Gasteiger partial charge is 0.491 e. The minimum atomic E-state index is -4.58. The van der Waals surface area contributed by atoms with E-state index in [1.807, 2.05) is 0 Å². The molecular weight excluding hydrogens is 413 g/mol. The van der Waals surface area contributed by atoms with Crippen LogP contribution >= 0.6 is 0 Å². The summed E-state index contributed by atoms with van der Waals surface area (Å²) in [6.07, 6.45) is -4.91. The van der Waals surface area contributed by atoms with E-state index >= 15 is 0 Å². The highest BCUT2D eigenvalue weighted by Crippen LogP contribution is 2.34. The number of nitrogens with two attached hydrogens (primary N) is 1. The van der Waals surface area contributed by atoms with Gasteiger partial charge in [-0.2, -0.15) is 22.7 Å². The highest BCUT2D eigenvalue weighted by Gasteiger charge is 2.34. The van der Waals surface area contributed by atoms with Gasteiger partial charge in [0.25, 0.3) is 5.78 Å². The zero-order chi connectivity index (χ0) is 22.9. The van der Waals surface area contributed by atoms with Gasteiger partial charge in [-0.05, 0) is 45.4 Å². The smallest absolute Gasteiger partial charge is 0.416 e. The van der Waals surface area contributed by atoms with Crippen LogP contribution in [0.5, 0.6) is 5.75 Å². The van der Waals surface area contributed by atoms with Gasteiger partial charge in [0.1, 0.15) is 5.75 Å². The Morgan fingerprint density at radius 3 is 2.61 bits per heavy atom. The lowest BCUT2D eigenvalue weighted by molar-refractivity contribution is -0.138. The molecule has 1 amide bonds. The number of halogens is 3. The van der Waals surface area contributed by atoms with Gasteiger partial charge in [-0.3, -0.25) is 4.79 Å². The molecule has 8 nitrogen and oxygen atoms in total. The maximum atomic E-state index is 13.5. The summed E-state index contributed by atoms with van der Waals surface area (Å²) in [4.78, 5) is 20.8. The Morgan fingerprint density at radius 1 is 1.26 bits per heavy atom. The molecule has 0 fully saturated rings. The van der Waals surface area contributed by atoms with E-state index in [2.05, 4.69) is 20.4 Å². The van der Waals surface area contributed by atoms with E-state index in [0.717, 1.165) is 6.07 Å². The summed E-state index contributed by atoms with van der Waals surface area (Å²) >= 11 is 0. The summed E-state index contributed by atoms with van der Waals surface area (Å²) in [6, 6.07) is 3.71. The number of ether oxygens (including phenoxy) is 1. The Hall–Kier alpha value is -3.37. The molecule has 0 atom stereocenters. The summed E-state index contributed by atoms with van der Waals surface area (Å²) in [5.41, 5.74) is 6.50.